The van der Waals surface area contributed by atoms with Gasteiger partial charge in [0.25, 0.3) is 0 Å². The van der Waals surface area contributed by atoms with E-state index in [9.17, 15) is 0 Å². The van der Waals surface area contributed by atoms with Crippen molar-refractivity contribution in [3.63, 3.8) is 0 Å². The van der Waals surface area contributed by atoms with Gasteiger partial charge in [0, 0.05) is 0 Å². The number of ether oxygens (including phenoxy) is 1. The van der Waals surface area contributed by atoms with Gasteiger partial charge >= 0.3 is 0 Å². The zero-order valence-corrected chi connectivity index (χ0v) is 4.05. The molecule has 1 aliphatic heterocycles. The first-order valence-corrected chi connectivity index (χ1v) is 2.42. The highest BCUT2D eigenvalue weighted by atomic mass is 16.5. The van der Waals surface area contributed by atoms with Crippen molar-refractivity contribution in [2.75, 3.05) is 6.61 Å². The van der Waals surface area contributed by atoms with Crippen LogP contribution in [0, 0.1) is 6.61 Å². The minimum Gasteiger partial charge on any atom is -0.391 e. The Bertz CT molecular complexity index is 48.0. The molecule has 0 amide bonds. The first kappa shape index (κ1) is 5.06. The van der Waals surface area contributed by atoms with Gasteiger partial charge in [-0.15, -0.1) is 0 Å². The van der Waals surface area contributed by atoms with Crippen molar-refractivity contribution in [1.29, 1.82) is 0 Å². The summed E-state index contributed by atoms with van der Waals surface area (Å²) < 4.78 is 4.68. The van der Waals surface area contributed by atoms with Crippen LogP contribution in [0.1, 0.15) is 12.8 Å². The summed E-state index contributed by atoms with van der Waals surface area (Å²) in [5, 5.41) is 8.74. The lowest BCUT2D eigenvalue weighted by molar-refractivity contribution is 0.0270. The summed E-state index contributed by atoms with van der Waals surface area (Å²) in [6.07, 6.45) is 1.32. The van der Waals surface area contributed by atoms with Crippen molar-refractivity contribution < 1.29 is 9.84 Å². The molecule has 1 saturated heterocycles. The Morgan fingerprint density at radius 3 is 2.86 bits per heavy atom. The van der Waals surface area contributed by atoms with E-state index < -0.39 is 0 Å². The van der Waals surface area contributed by atoms with Crippen LogP contribution in [0.25, 0.3) is 0 Å². The van der Waals surface area contributed by atoms with Crippen molar-refractivity contribution >= 4 is 0 Å². The summed E-state index contributed by atoms with van der Waals surface area (Å²) in [7, 11) is 0. The third-order valence-corrected chi connectivity index (χ3v) is 0.957. The fraction of sp³-hybridized carbons (Fsp3) is 0.800. The molecule has 2 radical (unpaired) electrons. The van der Waals surface area contributed by atoms with E-state index in [-0.39, 0.29) is 6.10 Å². The van der Waals surface area contributed by atoms with Gasteiger partial charge in [0.05, 0.1) is 12.7 Å². The Morgan fingerprint density at radius 2 is 2.57 bits per heavy atom. The molecule has 1 heterocycles. The summed E-state index contributed by atoms with van der Waals surface area (Å²) in [4.78, 5) is 0. The molecule has 0 aromatic heterocycles. The molecule has 0 aromatic rings. The molecule has 2 nitrogen and oxygen atoms in total. The lowest BCUT2D eigenvalue weighted by Crippen LogP contribution is -2.18. The summed E-state index contributed by atoms with van der Waals surface area (Å²) in [5.74, 6) is 0. The molecule has 0 saturated carbocycles. The summed E-state index contributed by atoms with van der Waals surface area (Å²) in [6.45, 7) is 3.09. The van der Waals surface area contributed by atoms with Gasteiger partial charge in [-0.2, -0.15) is 0 Å². The molecule has 40 valence electrons. The largest absolute Gasteiger partial charge is 0.391 e. The number of rotatable bonds is 0. The Morgan fingerprint density at radius 1 is 1.71 bits per heavy atom. The van der Waals surface area contributed by atoms with E-state index in [2.05, 4.69) is 11.3 Å². The van der Waals surface area contributed by atoms with E-state index in [1.165, 1.54) is 0 Å². The first-order valence-electron chi connectivity index (χ1n) is 2.42. The highest BCUT2D eigenvalue weighted by Gasteiger charge is 2.09. The average molecular weight is 100 g/mol. The zero-order valence-electron chi connectivity index (χ0n) is 4.05. The number of aliphatic hydroxyl groups excluding tert-OH is 1. The van der Waals surface area contributed by atoms with Crippen LogP contribution in [-0.2, 0) is 4.74 Å². The van der Waals surface area contributed by atoms with Gasteiger partial charge in [-0.1, -0.05) is 0 Å². The summed E-state index contributed by atoms with van der Waals surface area (Å²) in [5.41, 5.74) is 0. The van der Waals surface area contributed by atoms with Crippen molar-refractivity contribution in [2.24, 2.45) is 0 Å². The predicted octanol–water partition coefficient (Wildman–Crippen LogP) is 0.196. The van der Waals surface area contributed by atoms with E-state index in [4.69, 9.17) is 5.11 Å². The second kappa shape index (κ2) is 2.28. The minimum atomic E-state index is -0.249. The fourth-order valence-corrected chi connectivity index (χ4v) is 0.536. The van der Waals surface area contributed by atoms with Crippen LogP contribution in [0.2, 0.25) is 0 Å². The molecule has 0 aliphatic carbocycles. The maximum Gasteiger partial charge on any atom is 0.132 e. The molecular formula is C5H8O2. The van der Waals surface area contributed by atoms with E-state index in [1.54, 1.807) is 0 Å². The molecule has 0 bridgehead atoms. The van der Waals surface area contributed by atoms with Crippen LogP contribution in [0.15, 0.2) is 0 Å². The monoisotopic (exact) mass is 100 g/mol. The average Bonchev–Trinajstić information content (AvgIpc) is 1.69. The summed E-state index contributed by atoms with van der Waals surface area (Å²) in [6, 6.07) is 0. The maximum absolute atomic E-state index is 8.74. The molecule has 1 N–H and O–H groups in total. The Balaban J connectivity index is 2.12. The van der Waals surface area contributed by atoms with Crippen molar-refractivity contribution in [3.8, 4) is 0 Å². The van der Waals surface area contributed by atoms with Crippen molar-refractivity contribution in [1.82, 2.24) is 0 Å². The SMILES string of the molecule is OC1CC[C]OC1. The molecule has 1 unspecified atom stereocenters. The molecular weight excluding hydrogens is 92.1 g/mol. The third kappa shape index (κ3) is 1.45. The van der Waals surface area contributed by atoms with Gasteiger partial charge in [-0.05, 0) is 12.8 Å². The Kier molecular flexibility index (Phi) is 1.65. The van der Waals surface area contributed by atoms with Crippen molar-refractivity contribution in [3.05, 3.63) is 6.61 Å². The number of aliphatic hydroxyl groups is 1. The summed E-state index contributed by atoms with van der Waals surface area (Å²) >= 11 is 0. The molecule has 1 atom stereocenters. The first-order chi connectivity index (χ1) is 3.39. The molecule has 1 aliphatic rings. The van der Waals surface area contributed by atoms with Gasteiger partial charge in [0.1, 0.15) is 6.61 Å². The standard InChI is InChI=1S/C5H8O2/c6-5-2-1-3-7-4-5/h5-6H,1-2,4H2. The topological polar surface area (TPSA) is 29.5 Å². The molecule has 7 heavy (non-hydrogen) atoms. The van der Waals surface area contributed by atoms with E-state index in [0.717, 1.165) is 12.8 Å². The van der Waals surface area contributed by atoms with Crippen LogP contribution in [0.5, 0.6) is 0 Å². The number of hydrogen-bond donors (Lipinski definition) is 1. The predicted molar refractivity (Wildman–Crippen MR) is 24.4 cm³/mol. The van der Waals surface area contributed by atoms with Gasteiger partial charge in [-0.25, -0.2) is 0 Å². The second-order valence-electron chi connectivity index (χ2n) is 1.65. The van der Waals surface area contributed by atoms with Crippen LogP contribution < -0.4 is 0 Å². The normalized spacial score (nSPS) is 33.0. The molecule has 1 rings (SSSR count). The molecule has 2 heteroatoms. The van der Waals surface area contributed by atoms with Gasteiger partial charge in [0.2, 0.25) is 0 Å². The third-order valence-electron chi connectivity index (χ3n) is 0.957. The van der Waals surface area contributed by atoms with Gasteiger partial charge in [-0.3, -0.25) is 0 Å². The smallest absolute Gasteiger partial charge is 0.132 e. The van der Waals surface area contributed by atoms with Crippen LogP contribution in [-0.4, -0.2) is 17.8 Å². The highest BCUT2D eigenvalue weighted by Crippen LogP contribution is 2.07. The number of hydrogen-bond acceptors (Lipinski definition) is 2. The van der Waals surface area contributed by atoms with E-state index >= 15 is 0 Å². The van der Waals surface area contributed by atoms with Crippen molar-refractivity contribution in [2.45, 2.75) is 18.9 Å². The van der Waals surface area contributed by atoms with E-state index in [1.807, 2.05) is 0 Å². The van der Waals surface area contributed by atoms with Crippen LogP contribution in [0.4, 0.5) is 0 Å². The molecule has 1 fully saturated rings. The maximum atomic E-state index is 8.74. The highest BCUT2D eigenvalue weighted by molar-refractivity contribution is 4.65. The van der Waals surface area contributed by atoms with Gasteiger partial charge < -0.3 is 9.84 Å². The zero-order chi connectivity index (χ0) is 5.11. The fourth-order valence-electron chi connectivity index (χ4n) is 0.536. The lowest BCUT2D eigenvalue weighted by Gasteiger charge is -2.14. The Hall–Kier alpha value is -0.0800. The lowest BCUT2D eigenvalue weighted by atomic mass is 10.2. The molecule has 0 spiro atoms. The quantitative estimate of drug-likeness (QED) is 0.471. The Labute approximate surface area is 43.1 Å². The molecule has 0 aromatic carbocycles. The van der Waals surface area contributed by atoms with Crippen LogP contribution in [0.3, 0.4) is 0 Å². The van der Waals surface area contributed by atoms with E-state index in [0.29, 0.717) is 6.61 Å². The second-order valence-corrected chi connectivity index (χ2v) is 1.65. The van der Waals surface area contributed by atoms with Crippen LogP contribution >= 0.6 is 0 Å². The minimum absolute atomic E-state index is 0.249. The van der Waals surface area contributed by atoms with Gasteiger partial charge in [0.15, 0.2) is 0 Å².